The van der Waals surface area contributed by atoms with Crippen molar-refractivity contribution >= 4 is 6.01 Å². The molecule has 2 aromatic heterocycles. The van der Waals surface area contributed by atoms with Gasteiger partial charge in [-0.15, -0.1) is 0 Å². The maximum absolute atomic E-state index is 5.35. The zero-order valence-corrected chi connectivity index (χ0v) is 6.69. The van der Waals surface area contributed by atoms with Crippen molar-refractivity contribution in [2.75, 3.05) is 5.73 Å². The largest absolute Gasteiger partial charge is 0.422 e. The summed E-state index contributed by atoms with van der Waals surface area (Å²) in [6.07, 6.45) is 3.55. The van der Waals surface area contributed by atoms with Crippen LogP contribution in [0.1, 0.15) is 0 Å². The topological polar surface area (TPSA) is 57.0 Å². The number of nitrogens with zero attached hydrogens (tertiary/aromatic N) is 2. The molecule has 2 N–H and O–H groups in total. The van der Waals surface area contributed by atoms with Gasteiger partial charge in [0.2, 0.25) is 0 Å². The van der Waals surface area contributed by atoms with Crippen LogP contribution in [0.5, 0.6) is 0 Å². The van der Waals surface area contributed by atoms with Crippen molar-refractivity contribution in [2.45, 2.75) is 0 Å². The van der Waals surface area contributed by atoms with E-state index in [1.165, 1.54) is 0 Å². The Hall–Kier alpha value is -1.71. The van der Waals surface area contributed by atoms with E-state index in [1.54, 1.807) is 6.20 Å². The lowest BCUT2D eigenvalue weighted by atomic mass is 10.3. The Morgan fingerprint density at radius 3 is 2.92 bits per heavy atom. The molecular formula is C8H9N3O. The van der Waals surface area contributed by atoms with Gasteiger partial charge in [0.25, 0.3) is 6.01 Å². The number of hydrogen-bond donors (Lipinski definition) is 1. The SMILES string of the molecule is Cn1cccc1-c1cnc(N)o1. The summed E-state index contributed by atoms with van der Waals surface area (Å²) in [7, 11) is 1.94. The summed E-state index contributed by atoms with van der Waals surface area (Å²) in [6, 6.07) is 4.08. The van der Waals surface area contributed by atoms with Gasteiger partial charge in [0.05, 0.1) is 11.9 Å². The van der Waals surface area contributed by atoms with Gasteiger partial charge in [-0.2, -0.15) is 0 Å². The molecule has 0 aliphatic heterocycles. The van der Waals surface area contributed by atoms with Crippen LogP contribution in [-0.4, -0.2) is 9.55 Å². The van der Waals surface area contributed by atoms with E-state index in [1.807, 2.05) is 29.9 Å². The van der Waals surface area contributed by atoms with Crippen molar-refractivity contribution in [3.8, 4) is 11.5 Å². The summed E-state index contributed by atoms with van der Waals surface area (Å²) < 4.78 is 7.10. The molecule has 0 saturated heterocycles. The van der Waals surface area contributed by atoms with E-state index >= 15 is 0 Å². The second kappa shape index (κ2) is 2.41. The minimum absolute atomic E-state index is 0.200. The van der Waals surface area contributed by atoms with Crippen molar-refractivity contribution in [2.24, 2.45) is 7.05 Å². The van der Waals surface area contributed by atoms with E-state index in [-0.39, 0.29) is 6.01 Å². The minimum Gasteiger partial charge on any atom is -0.422 e. The molecule has 0 aliphatic rings. The van der Waals surface area contributed by atoms with Crippen LogP contribution < -0.4 is 5.73 Å². The summed E-state index contributed by atoms with van der Waals surface area (Å²) in [5, 5.41) is 0. The smallest absolute Gasteiger partial charge is 0.292 e. The summed E-state index contributed by atoms with van der Waals surface area (Å²) in [5.74, 6) is 0.694. The highest BCUT2D eigenvalue weighted by Gasteiger charge is 2.05. The van der Waals surface area contributed by atoms with Gasteiger partial charge in [-0.05, 0) is 12.1 Å². The van der Waals surface area contributed by atoms with Gasteiger partial charge in [0.15, 0.2) is 5.76 Å². The normalized spacial score (nSPS) is 10.4. The molecule has 2 heterocycles. The fourth-order valence-electron chi connectivity index (χ4n) is 1.12. The predicted octanol–water partition coefficient (Wildman–Crippen LogP) is 1.26. The third-order valence-corrected chi connectivity index (χ3v) is 1.72. The number of aromatic nitrogens is 2. The molecule has 0 fully saturated rings. The van der Waals surface area contributed by atoms with Gasteiger partial charge in [-0.3, -0.25) is 0 Å². The van der Waals surface area contributed by atoms with Gasteiger partial charge < -0.3 is 14.7 Å². The first kappa shape index (κ1) is 6.97. The third-order valence-electron chi connectivity index (χ3n) is 1.72. The highest BCUT2D eigenvalue weighted by molar-refractivity contribution is 5.52. The standard InChI is InChI=1S/C8H9N3O/c1-11-4-2-3-6(11)7-5-10-8(9)12-7/h2-5H,1H3,(H2,9,10). The predicted molar refractivity (Wildman–Crippen MR) is 45.3 cm³/mol. The Morgan fingerprint density at radius 2 is 2.42 bits per heavy atom. The molecule has 0 saturated carbocycles. The Balaban J connectivity index is 2.50. The molecule has 2 aromatic rings. The first-order chi connectivity index (χ1) is 5.77. The lowest BCUT2D eigenvalue weighted by Crippen LogP contribution is -1.86. The minimum atomic E-state index is 0.200. The van der Waals surface area contributed by atoms with Gasteiger partial charge >= 0.3 is 0 Å². The zero-order chi connectivity index (χ0) is 8.55. The summed E-state index contributed by atoms with van der Waals surface area (Å²) in [6.45, 7) is 0. The molecule has 12 heavy (non-hydrogen) atoms. The second-order valence-electron chi connectivity index (χ2n) is 2.57. The number of hydrogen-bond acceptors (Lipinski definition) is 3. The number of anilines is 1. The highest BCUT2D eigenvalue weighted by Crippen LogP contribution is 2.20. The number of aryl methyl sites for hydroxylation is 1. The molecule has 4 heteroatoms. The molecule has 2 rings (SSSR count). The molecule has 0 amide bonds. The first-order valence-electron chi connectivity index (χ1n) is 3.60. The van der Waals surface area contributed by atoms with Crippen molar-refractivity contribution in [1.29, 1.82) is 0 Å². The van der Waals surface area contributed by atoms with Crippen molar-refractivity contribution in [3.63, 3.8) is 0 Å². The highest BCUT2D eigenvalue weighted by atomic mass is 16.4. The van der Waals surface area contributed by atoms with Crippen LogP contribution in [0.25, 0.3) is 11.5 Å². The van der Waals surface area contributed by atoms with Crippen LogP contribution in [0.2, 0.25) is 0 Å². The lowest BCUT2D eigenvalue weighted by Gasteiger charge is -1.96. The maximum atomic E-state index is 5.35. The van der Waals surface area contributed by atoms with E-state index in [2.05, 4.69) is 4.98 Å². The van der Waals surface area contributed by atoms with Crippen LogP contribution in [0.15, 0.2) is 28.9 Å². The van der Waals surface area contributed by atoms with Gasteiger partial charge in [0, 0.05) is 13.2 Å². The number of rotatable bonds is 1. The van der Waals surface area contributed by atoms with E-state index < -0.39 is 0 Å². The third kappa shape index (κ3) is 0.972. The molecule has 0 aliphatic carbocycles. The van der Waals surface area contributed by atoms with E-state index in [4.69, 9.17) is 10.2 Å². The van der Waals surface area contributed by atoms with Crippen LogP contribution in [0, 0.1) is 0 Å². The van der Waals surface area contributed by atoms with Crippen molar-refractivity contribution in [1.82, 2.24) is 9.55 Å². The Kier molecular flexibility index (Phi) is 1.40. The summed E-state index contributed by atoms with van der Waals surface area (Å²) >= 11 is 0. The first-order valence-corrected chi connectivity index (χ1v) is 3.60. The average molecular weight is 163 g/mol. The monoisotopic (exact) mass is 163 g/mol. The van der Waals surface area contributed by atoms with Gasteiger partial charge in [-0.1, -0.05) is 0 Å². The molecule has 0 unspecified atom stereocenters. The van der Waals surface area contributed by atoms with Crippen molar-refractivity contribution in [3.05, 3.63) is 24.5 Å². The number of oxazole rings is 1. The van der Waals surface area contributed by atoms with E-state index in [0.717, 1.165) is 5.69 Å². The molecule has 0 radical (unpaired) electrons. The van der Waals surface area contributed by atoms with E-state index in [0.29, 0.717) is 5.76 Å². The van der Waals surface area contributed by atoms with Gasteiger partial charge in [-0.25, -0.2) is 4.98 Å². The molecule has 0 aromatic carbocycles. The van der Waals surface area contributed by atoms with Crippen LogP contribution in [0.3, 0.4) is 0 Å². The van der Waals surface area contributed by atoms with E-state index in [9.17, 15) is 0 Å². The number of nitrogen functional groups attached to an aromatic ring is 1. The Morgan fingerprint density at radius 1 is 1.58 bits per heavy atom. The van der Waals surface area contributed by atoms with Crippen LogP contribution >= 0.6 is 0 Å². The zero-order valence-electron chi connectivity index (χ0n) is 6.69. The fourth-order valence-corrected chi connectivity index (χ4v) is 1.12. The summed E-state index contributed by atoms with van der Waals surface area (Å²) in [4.78, 5) is 3.81. The fraction of sp³-hybridized carbons (Fsp3) is 0.125. The summed E-state index contributed by atoms with van der Waals surface area (Å²) in [5.41, 5.74) is 6.32. The second-order valence-corrected chi connectivity index (χ2v) is 2.57. The Labute approximate surface area is 69.6 Å². The maximum Gasteiger partial charge on any atom is 0.292 e. The van der Waals surface area contributed by atoms with Crippen LogP contribution in [0.4, 0.5) is 6.01 Å². The lowest BCUT2D eigenvalue weighted by molar-refractivity contribution is 0.589. The van der Waals surface area contributed by atoms with Crippen molar-refractivity contribution < 1.29 is 4.42 Å². The molecule has 0 bridgehead atoms. The molecule has 0 spiro atoms. The average Bonchev–Trinajstić information content (AvgIpc) is 2.58. The van der Waals surface area contributed by atoms with Gasteiger partial charge in [0.1, 0.15) is 0 Å². The number of nitrogens with two attached hydrogens (primary N) is 1. The molecular weight excluding hydrogens is 154 g/mol. The molecule has 0 atom stereocenters. The van der Waals surface area contributed by atoms with Crippen LogP contribution in [-0.2, 0) is 7.05 Å². The molecule has 62 valence electrons. The quantitative estimate of drug-likeness (QED) is 0.688. The Bertz CT molecular complexity index is 388. The molecule has 4 nitrogen and oxygen atoms in total.